The number of ketones is 2. The van der Waals surface area contributed by atoms with Crippen LogP contribution in [-0.4, -0.2) is 103 Å². The number of hydrogen-bond donors (Lipinski definition) is 4. The van der Waals surface area contributed by atoms with Gasteiger partial charge in [0.15, 0.2) is 11.6 Å². The zero-order valence-electron chi connectivity index (χ0n) is 35.5. The van der Waals surface area contributed by atoms with Gasteiger partial charge in [-0.25, -0.2) is 9.59 Å². The maximum absolute atomic E-state index is 13.6. The van der Waals surface area contributed by atoms with Crippen molar-refractivity contribution in [3.63, 3.8) is 0 Å². The number of non-ortho nitro benzene ring substituents is 1. The largest absolute Gasteiger partial charge is 0.514 e. The fourth-order valence-corrected chi connectivity index (χ4v) is 6.20. The van der Waals surface area contributed by atoms with Crippen LogP contribution in [0.1, 0.15) is 77.2 Å². The van der Waals surface area contributed by atoms with Crippen molar-refractivity contribution in [3.05, 3.63) is 76.4 Å². The van der Waals surface area contributed by atoms with Crippen molar-refractivity contribution in [2.45, 2.75) is 84.3 Å². The smallest absolute Gasteiger partial charge is 0.429 e. The van der Waals surface area contributed by atoms with Gasteiger partial charge in [-0.2, -0.15) is 0 Å². The lowest BCUT2D eigenvalue weighted by molar-refractivity contribution is -0.384. The first-order valence-electron chi connectivity index (χ1n) is 20.7. The van der Waals surface area contributed by atoms with Crippen LogP contribution in [0.4, 0.5) is 21.0 Å². The van der Waals surface area contributed by atoms with Crippen LogP contribution in [-0.2, 0) is 49.6 Å². The standard InChI is InChI=1S/C43H56N6O14/c1-29(2)40(47-37(52)10-6-4-3-5-9-34(50)28-61-25-24-60-23-22-48-38(53)19-20-39(48)54)36(51)26-31(8-7-21-45-42(44)56)41(55)46-32-13-11-30(12-14-32)27-62-43(57)63-35-17-15-33(16-18-35)49(58)59/h11-20,29,31,40H,3-10,21-28H2,1-2H3,(H,46,55)(H,47,52)(H3,44,45,56)/t31-,40+/m1/s1. The van der Waals surface area contributed by atoms with Crippen molar-refractivity contribution < 1.29 is 62.2 Å². The van der Waals surface area contributed by atoms with E-state index in [-0.39, 0.29) is 112 Å². The van der Waals surface area contributed by atoms with Crippen molar-refractivity contribution in [2.75, 3.05) is 44.8 Å². The summed E-state index contributed by atoms with van der Waals surface area (Å²) in [7, 11) is 0. The SMILES string of the molecule is CC(C)[C@H](NC(=O)CCCCCCC(=O)COCCOCCN1C(=O)C=CC1=O)C(=O)C[C@@H](CCCNC(N)=O)C(=O)Nc1ccc(COC(=O)Oc2ccc([N+](=O)[O-])cc2)cc1. The van der Waals surface area contributed by atoms with Crippen LogP contribution in [0, 0.1) is 22.0 Å². The molecule has 0 unspecified atom stereocenters. The Kier molecular flexibility index (Phi) is 22.1. The highest BCUT2D eigenvalue weighted by molar-refractivity contribution is 6.12. The molecule has 0 aliphatic carbocycles. The number of nitrogens with one attached hydrogen (secondary N) is 3. The van der Waals surface area contributed by atoms with E-state index in [0.29, 0.717) is 43.4 Å². The molecule has 20 nitrogen and oxygen atoms in total. The van der Waals surface area contributed by atoms with Crippen molar-refractivity contribution in [3.8, 4) is 5.75 Å². The summed E-state index contributed by atoms with van der Waals surface area (Å²) >= 11 is 0. The van der Waals surface area contributed by atoms with E-state index in [1.165, 1.54) is 36.4 Å². The number of nitro benzene ring substituents is 1. The fraction of sp³-hybridized carbons (Fsp3) is 0.488. The number of primary amides is 1. The van der Waals surface area contributed by atoms with Gasteiger partial charge in [-0.05, 0) is 61.4 Å². The second kappa shape index (κ2) is 27.4. The lowest BCUT2D eigenvalue weighted by Crippen LogP contribution is -2.45. The summed E-state index contributed by atoms with van der Waals surface area (Å²) in [6.45, 7) is 4.26. The van der Waals surface area contributed by atoms with E-state index < -0.39 is 35.0 Å². The number of carbonyl (C=O) groups is 8. The third-order valence-corrected chi connectivity index (χ3v) is 9.61. The Morgan fingerprint density at radius 2 is 1.48 bits per heavy atom. The summed E-state index contributed by atoms with van der Waals surface area (Å²) in [5.41, 5.74) is 5.98. The average Bonchev–Trinajstić information content (AvgIpc) is 3.56. The number of carbonyl (C=O) groups excluding carboxylic acids is 8. The number of urea groups is 1. The van der Waals surface area contributed by atoms with E-state index in [1.807, 2.05) is 0 Å². The first-order chi connectivity index (χ1) is 30.1. The van der Waals surface area contributed by atoms with Gasteiger partial charge in [-0.1, -0.05) is 38.8 Å². The molecule has 0 aromatic heterocycles. The van der Waals surface area contributed by atoms with Gasteiger partial charge in [-0.3, -0.25) is 43.8 Å². The molecule has 0 saturated carbocycles. The number of hydrogen-bond acceptors (Lipinski definition) is 14. The summed E-state index contributed by atoms with van der Waals surface area (Å²) in [5.74, 6) is -2.92. The second-order valence-corrected chi connectivity index (χ2v) is 14.9. The van der Waals surface area contributed by atoms with Crippen LogP contribution in [0.25, 0.3) is 0 Å². The van der Waals surface area contributed by atoms with Crippen molar-refractivity contribution >= 4 is 58.8 Å². The van der Waals surface area contributed by atoms with E-state index >= 15 is 0 Å². The number of Topliss-reactive ketones (excluding diaryl/α,β-unsaturated/α-hetero) is 2. The highest BCUT2D eigenvalue weighted by Gasteiger charge is 2.29. The zero-order chi connectivity index (χ0) is 46.1. The second-order valence-electron chi connectivity index (χ2n) is 14.9. The summed E-state index contributed by atoms with van der Waals surface area (Å²) in [5, 5.41) is 18.9. The topological polar surface area (TPSA) is 282 Å². The van der Waals surface area contributed by atoms with E-state index in [2.05, 4.69) is 16.0 Å². The molecule has 1 heterocycles. The predicted octanol–water partition coefficient (Wildman–Crippen LogP) is 4.28. The molecule has 5 N–H and O–H groups in total. The molecular formula is C43H56N6O14. The Hall–Kier alpha value is -6.54. The van der Waals surface area contributed by atoms with Crippen LogP contribution in [0.3, 0.4) is 0 Å². The number of nitrogens with two attached hydrogens (primary N) is 1. The Morgan fingerprint density at radius 3 is 2.11 bits per heavy atom. The van der Waals surface area contributed by atoms with Gasteiger partial charge in [0, 0.05) is 61.7 Å². The van der Waals surface area contributed by atoms with Gasteiger partial charge in [-0.15, -0.1) is 0 Å². The third kappa shape index (κ3) is 19.8. The maximum atomic E-state index is 13.6. The number of nitrogens with zero attached hydrogens (tertiary/aromatic N) is 2. The summed E-state index contributed by atoms with van der Waals surface area (Å²) in [6.07, 6.45) is 4.87. The quantitative estimate of drug-likeness (QED) is 0.0213. The van der Waals surface area contributed by atoms with Gasteiger partial charge >= 0.3 is 12.2 Å². The molecule has 20 heteroatoms. The average molecular weight is 881 g/mol. The Morgan fingerprint density at radius 1 is 0.825 bits per heavy atom. The molecule has 0 spiro atoms. The number of ether oxygens (including phenoxy) is 4. The summed E-state index contributed by atoms with van der Waals surface area (Å²) < 4.78 is 20.8. The number of anilines is 1. The molecule has 342 valence electrons. The zero-order valence-corrected chi connectivity index (χ0v) is 35.5. The molecule has 0 saturated heterocycles. The number of benzene rings is 2. The molecule has 63 heavy (non-hydrogen) atoms. The molecule has 6 amide bonds. The van der Waals surface area contributed by atoms with Gasteiger partial charge < -0.3 is 40.6 Å². The minimum absolute atomic E-state index is 0.0581. The van der Waals surface area contributed by atoms with Gasteiger partial charge in [0.05, 0.1) is 37.3 Å². The first kappa shape index (κ1) is 50.8. The molecule has 3 rings (SSSR count). The fourth-order valence-electron chi connectivity index (χ4n) is 6.20. The van der Waals surface area contributed by atoms with Crippen LogP contribution in [0.5, 0.6) is 5.75 Å². The van der Waals surface area contributed by atoms with Gasteiger partial charge in [0.25, 0.3) is 17.5 Å². The molecule has 2 atom stereocenters. The number of amides is 6. The number of nitro groups is 1. The molecule has 1 aliphatic rings. The van der Waals surface area contributed by atoms with Gasteiger partial charge in [0.1, 0.15) is 19.0 Å². The van der Waals surface area contributed by atoms with E-state index in [9.17, 15) is 48.5 Å². The normalized spacial score (nSPS) is 13.0. The van der Waals surface area contributed by atoms with Crippen LogP contribution in [0.2, 0.25) is 0 Å². The highest BCUT2D eigenvalue weighted by Crippen LogP contribution is 2.21. The monoisotopic (exact) mass is 880 g/mol. The minimum Gasteiger partial charge on any atom is -0.429 e. The van der Waals surface area contributed by atoms with Crippen LogP contribution in [0.15, 0.2) is 60.7 Å². The van der Waals surface area contributed by atoms with Crippen molar-refractivity contribution in [2.24, 2.45) is 17.6 Å². The lowest BCUT2D eigenvalue weighted by Gasteiger charge is -2.24. The molecule has 2 aromatic carbocycles. The number of imide groups is 1. The lowest BCUT2D eigenvalue weighted by atomic mass is 9.89. The molecule has 0 fully saturated rings. The highest BCUT2D eigenvalue weighted by atomic mass is 16.7. The molecule has 0 bridgehead atoms. The van der Waals surface area contributed by atoms with Crippen molar-refractivity contribution in [1.29, 1.82) is 0 Å². The first-order valence-corrected chi connectivity index (χ1v) is 20.7. The summed E-state index contributed by atoms with van der Waals surface area (Å²) in [4.78, 5) is 110. The number of unbranched alkanes of at least 4 members (excludes halogenated alkanes) is 3. The summed E-state index contributed by atoms with van der Waals surface area (Å²) in [6, 6.07) is 9.73. The van der Waals surface area contributed by atoms with Crippen LogP contribution >= 0.6 is 0 Å². The van der Waals surface area contributed by atoms with Gasteiger partial charge in [0.2, 0.25) is 11.8 Å². The molecule has 2 aromatic rings. The Balaban J connectivity index is 1.38. The van der Waals surface area contributed by atoms with E-state index in [4.69, 9.17) is 24.7 Å². The minimum atomic E-state index is -1.02. The Labute approximate surface area is 364 Å². The van der Waals surface area contributed by atoms with E-state index in [0.717, 1.165) is 11.3 Å². The van der Waals surface area contributed by atoms with Crippen molar-refractivity contribution in [1.82, 2.24) is 15.5 Å². The Bertz CT molecular complexity index is 1900. The maximum Gasteiger partial charge on any atom is 0.514 e. The van der Waals surface area contributed by atoms with E-state index in [1.54, 1.807) is 38.1 Å². The van der Waals surface area contributed by atoms with Crippen LogP contribution < -0.4 is 26.4 Å². The molecule has 0 radical (unpaired) electrons. The third-order valence-electron chi connectivity index (χ3n) is 9.61. The molecule has 1 aliphatic heterocycles. The number of rotatable bonds is 30. The predicted molar refractivity (Wildman–Crippen MR) is 226 cm³/mol. The molecular weight excluding hydrogens is 825 g/mol.